The standard InChI is InChI=1S/C17H13N3OS2/c1-21-12-6-4-5-11(9-12)19-16(22)13(10-18)17-20-14-7-2-3-8-15(14)23-17/h2-9,20H,1H3,(H,19,22)/b17-13-. The molecule has 2 N–H and O–H groups in total. The largest absolute Gasteiger partial charge is 0.497 e. The van der Waals surface area contributed by atoms with Crippen molar-refractivity contribution >= 4 is 40.3 Å². The number of thioether (sulfide) groups is 1. The fourth-order valence-corrected chi connectivity index (χ4v) is 3.47. The predicted molar refractivity (Wildman–Crippen MR) is 97.8 cm³/mol. The molecule has 4 nitrogen and oxygen atoms in total. The van der Waals surface area contributed by atoms with Crippen molar-refractivity contribution in [2.24, 2.45) is 0 Å². The van der Waals surface area contributed by atoms with Gasteiger partial charge in [0.25, 0.3) is 0 Å². The Morgan fingerprint density at radius 1 is 1.26 bits per heavy atom. The number of methoxy groups -OCH3 is 1. The van der Waals surface area contributed by atoms with E-state index < -0.39 is 0 Å². The Labute approximate surface area is 144 Å². The van der Waals surface area contributed by atoms with Crippen LogP contribution in [0, 0.1) is 11.3 Å². The van der Waals surface area contributed by atoms with Gasteiger partial charge in [0.1, 0.15) is 22.4 Å². The summed E-state index contributed by atoms with van der Waals surface area (Å²) < 4.78 is 5.19. The zero-order valence-corrected chi connectivity index (χ0v) is 13.9. The number of hydrogen-bond acceptors (Lipinski definition) is 5. The molecule has 0 bridgehead atoms. The summed E-state index contributed by atoms with van der Waals surface area (Å²) in [5, 5.41) is 16.6. The molecule has 23 heavy (non-hydrogen) atoms. The van der Waals surface area contributed by atoms with Crippen LogP contribution in [0.15, 0.2) is 64.0 Å². The highest BCUT2D eigenvalue weighted by Crippen LogP contribution is 2.42. The molecule has 6 heteroatoms. The van der Waals surface area contributed by atoms with Crippen molar-refractivity contribution in [2.45, 2.75) is 4.90 Å². The van der Waals surface area contributed by atoms with Crippen LogP contribution in [-0.4, -0.2) is 12.1 Å². The Morgan fingerprint density at radius 2 is 2.09 bits per heavy atom. The monoisotopic (exact) mass is 339 g/mol. The quantitative estimate of drug-likeness (QED) is 0.491. The molecule has 1 aliphatic rings. The number of rotatable bonds is 3. The zero-order valence-electron chi connectivity index (χ0n) is 12.3. The molecule has 0 unspecified atom stereocenters. The van der Waals surface area contributed by atoms with Gasteiger partial charge in [-0.1, -0.05) is 42.2 Å². The van der Waals surface area contributed by atoms with Crippen LogP contribution in [-0.2, 0) is 0 Å². The number of ether oxygens (including phenoxy) is 1. The predicted octanol–water partition coefficient (Wildman–Crippen LogP) is 4.39. The van der Waals surface area contributed by atoms with Gasteiger partial charge in [-0.3, -0.25) is 0 Å². The minimum Gasteiger partial charge on any atom is -0.497 e. The number of thiocarbonyl (C=S) groups is 1. The van der Waals surface area contributed by atoms with E-state index >= 15 is 0 Å². The van der Waals surface area contributed by atoms with E-state index in [0.717, 1.165) is 27.0 Å². The minimum atomic E-state index is 0.378. The molecule has 0 atom stereocenters. The summed E-state index contributed by atoms with van der Waals surface area (Å²) in [7, 11) is 1.61. The average molecular weight is 339 g/mol. The Kier molecular flexibility index (Phi) is 4.51. The lowest BCUT2D eigenvalue weighted by Gasteiger charge is -2.10. The van der Waals surface area contributed by atoms with Gasteiger partial charge in [-0.25, -0.2) is 0 Å². The summed E-state index contributed by atoms with van der Waals surface area (Å²) in [5.41, 5.74) is 2.19. The number of fused-ring (bicyclic) bond motifs is 1. The maximum atomic E-state index is 9.50. The topological polar surface area (TPSA) is 57.1 Å². The van der Waals surface area contributed by atoms with E-state index in [-0.39, 0.29) is 0 Å². The van der Waals surface area contributed by atoms with Gasteiger partial charge in [0.2, 0.25) is 0 Å². The molecule has 0 aromatic heterocycles. The molecule has 0 saturated carbocycles. The van der Waals surface area contributed by atoms with Crippen molar-refractivity contribution in [3.8, 4) is 11.8 Å². The van der Waals surface area contributed by atoms with Crippen LogP contribution in [0.3, 0.4) is 0 Å². The molecule has 3 rings (SSSR count). The Morgan fingerprint density at radius 3 is 2.83 bits per heavy atom. The zero-order chi connectivity index (χ0) is 16.2. The fourth-order valence-electron chi connectivity index (χ4n) is 2.13. The molecule has 0 saturated heterocycles. The van der Waals surface area contributed by atoms with Crippen molar-refractivity contribution in [1.29, 1.82) is 5.26 Å². The van der Waals surface area contributed by atoms with Crippen molar-refractivity contribution in [3.63, 3.8) is 0 Å². The summed E-state index contributed by atoms with van der Waals surface area (Å²) >= 11 is 6.91. The molecule has 0 aliphatic carbocycles. The molecule has 0 fully saturated rings. The van der Waals surface area contributed by atoms with Gasteiger partial charge in [-0.05, 0) is 24.3 Å². The number of nitrogens with one attached hydrogen (secondary N) is 2. The number of para-hydroxylation sites is 1. The van der Waals surface area contributed by atoms with Crippen molar-refractivity contribution < 1.29 is 4.74 Å². The lowest BCUT2D eigenvalue weighted by molar-refractivity contribution is 0.415. The maximum Gasteiger partial charge on any atom is 0.124 e. The first-order valence-electron chi connectivity index (χ1n) is 6.85. The van der Waals surface area contributed by atoms with Gasteiger partial charge in [-0.15, -0.1) is 0 Å². The van der Waals surface area contributed by atoms with Gasteiger partial charge in [0, 0.05) is 16.6 Å². The molecule has 1 aliphatic heterocycles. The lowest BCUT2D eigenvalue weighted by atomic mass is 10.2. The molecular weight excluding hydrogens is 326 g/mol. The van der Waals surface area contributed by atoms with E-state index in [4.69, 9.17) is 17.0 Å². The fraction of sp³-hybridized carbons (Fsp3) is 0.0588. The molecule has 0 spiro atoms. The van der Waals surface area contributed by atoms with E-state index in [2.05, 4.69) is 16.7 Å². The molecule has 1 heterocycles. The molecule has 114 valence electrons. The normalized spacial score (nSPS) is 14.3. The molecule has 0 amide bonds. The second kappa shape index (κ2) is 6.73. The number of nitrogens with zero attached hydrogens (tertiary/aromatic N) is 1. The van der Waals surface area contributed by atoms with Crippen LogP contribution < -0.4 is 15.4 Å². The number of benzene rings is 2. The average Bonchev–Trinajstić information content (AvgIpc) is 2.99. The van der Waals surface area contributed by atoms with Crippen LogP contribution in [0.4, 0.5) is 11.4 Å². The highest BCUT2D eigenvalue weighted by atomic mass is 32.2. The second-order valence-electron chi connectivity index (χ2n) is 4.73. The highest BCUT2D eigenvalue weighted by Gasteiger charge is 2.21. The number of hydrogen-bond donors (Lipinski definition) is 2. The SMILES string of the molecule is COc1cccc(NC(=S)/C(C#N)=C2/Nc3ccccc3S2)c1. The van der Waals surface area contributed by atoms with E-state index in [9.17, 15) is 5.26 Å². The Balaban J connectivity index is 1.83. The summed E-state index contributed by atoms with van der Waals surface area (Å²) in [6.45, 7) is 0. The first kappa shape index (κ1) is 15.4. The highest BCUT2D eigenvalue weighted by molar-refractivity contribution is 8.03. The van der Waals surface area contributed by atoms with Gasteiger partial charge in [0.05, 0.1) is 17.8 Å². The van der Waals surface area contributed by atoms with Crippen molar-refractivity contribution in [1.82, 2.24) is 0 Å². The second-order valence-corrected chi connectivity index (χ2v) is 6.19. The third-order valence-corrected chi connectivity index (χ3v) is 4.63. The Bertz CT molecular complexity index is 813. The first-order valence-corrected chi connectivity index (χ1v) is 8.07. The van der Waals surface area contributed by atoms with Crippen molar-refractivity contribution in [3.05, 3.63) is 59.1 Å². The third-order valence-electron chi connectivity index (χ3n) is 3.24. The Hall–Kier alpha value is -2.49. The van der Waals surface area contributed by atoms with Gasteiger partial charge < -0.3 is 15.4 Å². The van der Waals surface area contributed by atoms with E-state index in [1.165, 1.54) is 11.8 Å². The van der Waals surface area contributed by atoms with Gasteiger partial charge in [-0.2, -0.15) is 5.26 Å². The van der Waals surface area contributed by atoms with Crippen LogP contribution in [0.5, 0.6) is 5.75 Å². The molecule has 2 aromatic rings. The van der Waals surface area contributed by atoms with Gasteiger partial charge >= 0.3 is 0 Å². The van der Waals surface area contributed by atoms with E-state index in [1.807, 2.05) is 48.5 Å². The molecule has 2 aromatic carbocycles. The van der Waals surface area contributed by atoms with Crippen LogP contribution in [0.2, 0.25) is 0 Å². The number of nitriles is 1. The molecule has 0 radical (unpaired) electrons. The summed E-state index contributed by atoms with van der Waals surface area (Å²) in [6, 6.07) is 17.5. The van der Waals surface area contributed by atoms with Crippen LogP contribution >= 0.6 is 24.0 Å². The lowest BCUT2D eigenvalue weighted by Crippen LogP contribution is -2.14. The van der Waals surface area contributed by atoms with Crippen LogP contribution in [0.1, 0.15) is 0 Å². The minimum absolute atomic E-state index is 0.378. The summed E-state index contributed by atoms with van der Waals surface area (Å²) in [5.74, 6) is 0.727. The summed E-state index contributed by atoms with van der Waals surface area (Å²) in [4.78, 5) is 1.46. The summed E-state index contributed by atoms with van der Waals surface area (Å²) in [6.07, 6.45) is 0. The third kappa shape index (κ3) is 3.31. The van der Waals surface area contributed by atoms with E-state index in [1.54, 1.807) is 7.11 Å². The molecular formula is C17H13N3OS2. The van der Waals surface area contributed by atoms with E-state index in [0.29, 0.717) is 10.6 Å². The van der Waals surface area contributed by atoms with Gasteiger partial charge in [0.15, 0.2) is 0 Å². The smallest absolute Gasteiger partial charge is 0.124 e. The van der Waals surface area contributed by atoms with Crippen LogP contribution in [0.25, 0.3) is 0 Å². The number of anilines is 2. The van der Waals surface area contributed by atoms with Crippen molar-refractivity contribution in [2.75, 3.05) is 17.7 Å². The maximum absolute atomic E-state index is 9.50. The first-order chi connectivity index (χ1) is 11.2.